The van der Waals surface area contributed by atoms with Crippen LogP contribution in [0.2, 0.25) is 0 Å². The molecule has 592 valence electrons. The second-order valence-corrected chi connectivity index (χ2v) is 28.8. The van der Waals surface area contributed by atoms with Crippen molar-refractivity contribution in [1.29, 1.82) is 0 Å². The van der Waals surface area contributed by atoms with E-state index < -0.39 is 84.9 Å². The van der Waals surface area contributed by atoms with E-state index in [2.05, 4.69) is 142 Å². The standard InChI is InChI=1S/C85H140O17P2/c1-4-7-10-13-16-19-22-25-28-31-34-39-44-49-54-59-64-69-83(88)96-77-82(102-85(90)71-66-61-56-51-46-41-36-33-30-27-24-21-18-15-12-9-6-3)79-100-104(93,94)98-75-80(87)74-97-103(91,92)99-78-81(76-95-73-68-63-58-53-48-43-38-37-42-47-52-57-62-67-72-86)101-84(89)70-65-60-55-50-45-40-35-32-29-26-23-20-17-14-11-8-5-2/h16-21,25-30,34-41,49-51,54-56,72,80-82,87H,4-15,22-24,31-33,42-48,52-53,57-71,73-79H2,1-3H3,(H,91,92)(H,93,94)/b19-16-,20-17-,21-18-,28-25-,29-26-,30-27-,38-37-,39-34-,40-35-,41-36-,54-49-,55-50-,56-51-/t80-,81+,82+/m0/s1. The summed E-state index contributed by atoms with van der Waals surface area (Å²) in [6.45, 7) is 3.33. The quantitative estimate of drug-likeness (QED) is 0.0128. The van der Waals surface area contributed by atoms with Crippen molar-refractivity contribution >= 4 is 39.8 Å². The predicted octanol–water partition coefficient (Wildman–Crippen LogP) is 22.9. The Kier molecular flexibility index (Phi) is 73.6. The van der Waals surface area contributed by atoms with E-state index in [0.29, 0.717) is 51.6 Å². The number of allylic oxidation sites excluding steroid dienone is 26. The van der Waals surface area contributed by atoms with Gasteiger partial charge in [-0.15, -0.1) is 0 Å². The molecular formula is C85H140O17P2. The van der Waals surface area contributed by atoms with Crippen molar-refractivity contribution < 1.29 is 80.2 Å². The van der Waals surface area contributed by atoms with Crippen LogP contribution in [-0.2, 0) is 65.4 Å². The smallest absolute Gasteiger partial charge is 0.462 e. The highest BCUT2D eigenvalue weighted by Crippen LogP contribution is 2.45. The molecule has 0 spiro atoms. The fourth-order valence-electron chi connectivity index (χ4n) is 9.88. The molecule has 0 rings (SSSR count). The van der Waals surface area contributed by atoms with Gasteiger partial charge in [0.2, 0.25) is 0 Å². The Morgan fingerprint density at radius 1 is 0.308 bits per heavy atom. The first kappa shape index (κ1) is 98.8. The zero-order chi connectivity index (χ0) is 75.9. The number of phosphoric ester groups is 2. The second-order valence-electron chi connectivity index (χ2n) is 25.9. The number of hydrogen-bond acceptors (Lipinski definition) is 15. The van der Waals surface area contributed by atoms with Gasteiger partial charge in [-0.25, -0.2) is 9.13 Å². The van der Waals surface area contributed by atoms with E-state index in [4.69, 9.17) is 37.0 Å². The minimum Gasteiger partial charge on any atom is -0.462 e. The van der Waals surface area contributed by atoms with Crippen molar-refractivity contribution in [2.75, 3.05) is 46.2 Å². The maximum atomic E-state index is 13.1. The summed E-state index contributed by atoms with van der Waals surface area (Å²) < 4.78 is 69.0. The third-order valence-electron chi connectivity index (χ3n) is 15.9. The van der Waals surface area contributed by atoms with Crippen LogP contribution in [0.3, 0.4) is 0 Å². The monoisotopic (exact) mass is 1490 g/mol. The van der Waals surface area contributed by atoms with Gasteiger partial charge in [-0.1, -0.05) is 249 Å². The number of phosphoric acid groups is 2. The van der Waals surface area contributed by atoms with Crippen LogP contribution in [0.15, 0.2) is 158 Å². The van der Waals surface area contributed by atoms with Gasteiger partial charge >= 0.3 is 33.6 Å². The Labute approximate surface area is 629 Å². The van der Waals surface area contributed by atoms with E-state index >= 15 is 0 Å². The fraction of sp³-hybridized carbons (Fsp3) is 0.647. The molecule has 0 amide bonds. The molecule has 3 N–H and O–H groups in total. The van der Waals surface area contributed by atoms with E-state index in [1.165, 1.54) is 57.8 Å². The summed E-state index contributed by atoms with van der Waals surface area (Å²) in [5, 5.41) is 10.6. The van der Waals surface area contributed by atoms with E-state index in [0.717, 1.165) is 154 Å². The third-order valence-corrected chi connectivity index (χ3v) is 17.8. The van der Waals surface area contributed by atoms with Crippen LogP contribution in [0.1, 0.15) is 290 Å². The molecule has 0 fully saturated rings. The highest BCUT2D eigenvalue weighted by Gasteiger charge is 2.30. The van der Waals surface area contributed by atoms with Crippen LogP contribution in [0.5, 0.6) is 0 Å². The number of aliphatic hydroxyl groups is 1. The van der Waals surface area contributed by atoms with Gasteiger partial charge < -0.3 is 38.6 Å². The highest BCUT2D eigenvalue weighted by molar-refractivity contribution is 7.47. The molecule has 0 saturated heterocycles. The lowest BCUT2D eigenvalue weighted by molar-refractivity contribution is -0.161. The largest absolute Gasteiger partial charge is 0.472 e. The van der Waals surface area contributed by atoms with Crippen molar-refractivity contribution in [3.05, 3.63) is 158 Å². The molecule has 17 nitrogen and oxygen atoms in total. The Morgan fingerprint density at radius 2 is 0.567 bits per heavy atom. The number of rotatable bonds is 75. The van der Waals surface area contributed by atoms with Crippen molar-refractivity contribution in [2.24, 2.45) is 0 Å². The highest BCUT2D eigenvalue weighted by atomic mass is 31.2. The summed E-state index contributed by atoms with van der Waals surface area (Å²) in [4.78, 5) is 70.6. The molecule has 2 unspecified atom stereocenters. The van der Waals surface area contributed by atoms with E-state index in [9.17, 15) is 43.2 Å². The van der Waals surface area contributed by atoms with Crippen LogP contribution in [0, 0.1) is 0 Å². The van der Waals surface area contributed by atoms with Gasteiger partial charge in [0.05, 0.1) is 33.0 Å². The Morgan fingerprint density at radius 3 is 0.904 bits per heavy atom. The van der Waals surface area contributed by atoms with E-state index in [1.54, 1.807) is 0 Å². The lowest BCUT2D eigenvalue weighted by atomic mass is 10.1. The zero-order valence-electron chi connectivity index (χ0n) is 64.4. The molecule has 0 aromatic carbocycles. The number of ether oxygens (including phenoxy) is 4. The molecule has 0 heterocycles. The molecule has 0 aliphatic rings. The summed E-state index contributed by atoms with van der Waals surface area (Å²) in [6, 6.07) is 0. The number of hydrogen-bond donors (Lipinski definition) is 3. The van der Waals surface area contributed by atoms with Crippen LogP contribution in [0.4, 0.5) is 0 Å². The number of esters is 3. The lowest BCUT2D eigenvalue weighted by Gasteiger charge is -2.21. The fourth-order valence-corrected chi connectivity index (χ4v) is 11.5. The van der Waals surface area contributed by atoms with Crippen molar-refractivity contribution in [2.45, 2.75) is 309 Å². The second kappa shape index (κ2) is 77.5. The molecular weight excluding hydrogens is 1350 g/mol. The van der Waals surface area contributed by atoms with Gasteiger partial charge in [0, 0.05) is 32.3 Å². The van der Waals surface area contributed by atoms with Gasteiger partial charge in [0.15, 0.2) is 6.10 Å². The number of aldehydes is 1. The molecule has 0 bridgehead atoms. The molecule has 104 heavy (non-hydrogen) atoms. The maximum Gasteiger partial charge on any atom is 0.472 e. The first-order chi connectivity index (χ1) is 50.8. The molecule has 0 aromatic heterocycles. The number of carbonyl (C=O) groups is 4. The third kappa shape index (κ3) is 76.5. The minimum atomic E-state index is -4.99. The van der Waals surface area contributed by atoms with Gasteiger partial charge in [0.1, 0.15) is 25.1 Å². The average Bonchev–Trinajstić information content (AvgIpc) is 0.923. The van der Waals surface area contributed by atoms with Gasteiger partial charge in [-0.3, -0.25) is 32.5 Å². The summed E-state index contributed by atoms with van der Waals surface area (Å²) in [5.74, 6) is -1.74. The van der Waals surface area contributed by atoms with Gasteiger partial charge in [-0.05, 0) is 173 Å². The average molecular weight is 1500 g/mol. The summed E-state index contributed by atoms with van der Waals surface area (Å²) >= 11 is 0. The topological polar surface area (TPSA) is 237 Å². The molecule has 19 heteroatoms. The van der Waals surface area contributed by atoms with Gasteiger partial charge in [0.25, 0.3) is 0 Å². The molecule has 0 radical (unpaired) electrons. The van der Waals surface area contributed by atoms with Crippen molar-refractivity contribution in [3.63, 3.8) is 0 Å². The predicted molar refractivity (Wildman–Crippen MR) is 427 cm³/mol. The SMILES string of the molecule is CCCCC/C=C\C/C=C\C/C=C\C/C=C\CCCC(=O)OC[C@H](COP(=O)(O)OC[C@@H](O)COP(=O)(O)OC[C@@H](COCCCCCCC/C=C\CCCCCCC=O)OC(=O)CCC/C=C\C/C=C\C/C=C\C/C=C\CCCCC)OC(=O)CCC/C=C\C/C=C\C/C=C\C/C=C\CCCCC. The first-order valence-corrected chi connectivity index (χ1v) is 42.7. The molecule has 0 aromatic rings. The number of carbonyl (C=O) groups excluding carboxylic acids is 4. The number of aliphatic hydroxyl groups excluding tert-OH is 1. The maximum absolute atomic E-state index is 13.1. The molecule has 5 atom stereocenters. The number of unbranched alkanes of at least 4 members (excludes halogenated alkanes) is 22. The minimum absolute atomic E-state index is 0.0104. The molecule has 0 saturated carbocycles. The summed E-state index contributed by atoms with van der Waals surface area (Å²) in [5.41, 5.74) is 0. The normalized spacial score (nSPS) is 14.8. The lowest BCUT2D eigenvalue weighted by Crippen LogP contribution is -2.30. The van der Waals surface area contributed by atoms with Crippen LogP contribution < -0.4 is 0 Å². The molecule has 0 aliphatic carbocycles. The van der Waals surface area contributed by atoms with E-state index in [1.807, 2.05) is 36.5 Å². The zero-order valence-corrected chi connectivity index (χ0v) is 66.2. The molecule has 0 aliphatic heterocycles. The Balaban J connectivity index is 5.47. The van der Waals surface area contributed by atoms with Crippen molar-refractivity contribution in [3.8, 4) is 0 Å². The Bertz CT molecular complexity index is 2560. The summed E-state index contributed by atoms with van der Waals surface area (Å²) in [6.07, 6.45) is 90.1. The van der Waals surface area contributed by atoms with Crippen LogP contribution in [0.25, 0.3) is 0 Å². The van der Waals surface area contributed by atoms with E-state index in [-0.39, 0.29) is 25.9 Å². The summed E-state index contributed by atoms with van der Waals surface area (Å²) in [7, 11) is -9.91. The van der Waals surface area contributed by atoms with Crippen molar-refractivity contribution in [1.82, 2.24) is 0 Å². The van der Waals surface area contributed by atoms with Crippen LogP contribution >= 0.6 is 15.6 Å². The Hall–Kier alpha value is -5.16. The first-order valence-electron chi connectivity index (χ1n) is 39.7. The van der Waals surface area contributed by atoms with Crippen LogP contribution in [-0.4, -0.2) is 104 Å². The van der Waals surface area contributed by atoms with Gasteiger partial charge in [-0.2, -0.15) is 0 Å².